The van der Waals surface area contributed by atoms with E-state index in [1.165, 1.54) is 19.3 Å². The fourth-order valence-electron chi connectivity index (χ4n) is 3.52. The second-order valence-electron chi connectivity index (χ2n) is 5.85. The number of rotatable bonds is 3. The summed E-state index contributed by atoms with van der Waals surface area (Å²) >= 11 is 0. The van der Waals surface area contributed by atoms with Gasteiger partial charge >= 0.3 is 6.09 Å². The van der Waals surface area contributed by atoms with E-state index >= 15 is 0 Å². The Labute approximate surface area is 120 Å². The Morgan fingerprint density at radius 3 is 2.80 bits per heavy atom. The van der Waals surface area contributed by atoms with Crippen LogP contribution in [0.3, 0.4) is 0 Å². The smallest absolute Gasteiger partial charge is 0.407 e. The summed E-state index contributed by atoms with van der Waals surface area (Å²) in [5.74, 6) is 0. The minimum atomic E-state index is -0.294. The second kappa shape index (κ2) is 5.83. The number of fused-ring (bicyclic) bond motifs is 2. The standard InChI is InChI=1S/C16H22N2O2/c1-18-13-7-9-14(15(18)10-8-13)17-16(19)20-11-12-5-3-2-4-6-12/h2-6,13-15H,7-11H2,1H3,(H,17,19)/t13-,14-,15-/m1/s1. The monoisotopic (exact) mass is 274 g/mol. The van der Waals surface area contributed by atoms with E-state index in [1.807, 2.05) is 30.3 Å². The van der Waals surface area contributed by atoms with Crippen LogP contribution in [0.15, 0.2) is 30.3 Å². The van der Waals surface area contributed by atoms with Crippen molar-refractivity contribution in [2.75, 3.05) is 7.05 Å². The molecule has 0 aliphatic carbocycles. The zero-order valence-corrected chi connectivity index (χ0v) is 11.9. The molecule has 3 rings (SSSR count). The predicted molar refractivity (Wildman–Crippen MR) is 77.4 cm³/mol. The molecule has 20 heavy (non-hydrogen) atoms. The van der Waals surface area contributed by atoms with Crippen molar-refractivity contribution in [1.29, 1.82) is 0 Å². The van der Waals surface area contributed by atoms with Gasteiger partial charge in [-0.05, 0) is 38.3 Å². The normalized spacial score (nSPS) is 29.1. The maximum atomic E-state index is 11.9. The van der Waals surface area contributed by atoms with Crippen molar-refractivity contribution < 1.29 is 9.53 Å². The van der Waals surface area contributed by atoms with Crippen LogP contribution >= 0.6 is 0 Å². The molecule has 2 aliphatic rings. The van der Waals surface area contributed by atoms with Crippen molar-refractivity contribution >= 4 is 6.09 Å². The molecular formula is C16H22N2O2. The van der Waals surface area contributed by atoms with Crippen LogP contribution in [0.2, 0.25) is 0 Å². The lowest BCUT2D eigenvalue weighted by atomic mass is 9.98. The first-order valence-electron chi connectivity index (χ1n) is 7.43. The van der Waals surface area contributed by atoms with Crippen LogP contribution < -0.4 is 5.32 Å². The van der Waals surface area contributed by atoms with Crippen LogP contribution in [0, 0.1) is 0 Å². The van der Waals surface area contributed by atoms with Crippen LogP contribution in [-0.4, -0.2) is 36.2 Å². The van der Waals surface area contributed by atoms with Crippen LogP contribution in [0.4, 0.5) is 4.79 Å². The van der Waals surface area contributed by atoms with E-state index in [0.717, 1.165) is 18.0 Å². The number of amides is 1. The molecule has 0 spiro atoms. The highest BCUT2D eigenvalue weighted by Gasteiger charge is 2.40. The number of carbonyl (C=O) groups excluding carboxylic acids is 1. The fourth-order valence-corrected chi connectivity index (χ4v) is 3.52. The van der Waals surface area contributed by atoms with Crippen LogP contribution in [0.5, 0.6) is 0 Å². The van der Waals surface area contributed by atoms with Gasteiger partial charge in [0.2, 0.25) is 0 Å². The van der Waals surface area contributed by atoms with E-state index < -0.39 is 0 Å². The molecule has 2 aliphatic heterocycles. The third kappa shape index (κ3) is 2.80. The maximum Gasteiger partial charge on any atom is 0.407 e. The van der Waals surface area contributed by atoms with E-state index in [2.05, 4.69) is 17.3 Å². The SMILES string of the molecule is CN1[C@H]2CC[C@@H]1[C@H](NC(=O)OCc1ccccc1)CC2. The molecule has 1 aromatic rings. The Bertz CT molecular complexity index is 463. The Morgan fingerprint density at radius 2 is 2.00 bits per heavy atom. The summed E-state index contributed by atoms with van der Waals surface area (Å²) in [5.41, 5.74) is 1.02. The molecule has 1 aromatic carbocycles. The number of nitrogens with one attached hydrogen (secondary N) is 1. The van der Waals surface area contributed by atoms with Gasteiger partial charge in [-0.1, -0.05) is 30.3 Å². The summed E-state index contributed by atoms with van der Waals surface area (Å²) in [6.45, 7) is 0.336. The zero-order valence-electron chi connectivity index (χ0n) is 11.9. The quantitative estimate of drug-likeness (QED) is 0.921. The summed E-state index contributed by atoms with van der Waals surface area (Å²) < 4.78 is 5.30. The van der Waals surface area contributed by atoms with Crippen LogP contribution in [-0.2, 0) is 11.3 Å². The lowest BCUT2D eigenvalue weighted by Crippen LogP contribution is -2.52. The number of benzene rings is 1. The number of nitrogens with zero attached hydrogens (tertiary/aromatic N) is 1. The number of hydrogen-bond acceptors (Lipinski definition) is 3. The molecule has 2 heterocycles. The average Bonchev–Trinajstić information content (AvgIpc) is 2.70. The second-order valence-corrected chi connectivity index (χ2v) is 5.85. The molecule has 0 radical (unpaired) electrons. The third-order valence-electron chi connectivity index (χ3n) is 4.69. The summed E-state index contributed by atoms with van der Waals surface area (Å²) in [6.07, 6.45) is 4.40. The zero-order chi connectivity index (χ0) is 13.9. The molecule has 108 valence electrons. The van der Waals surface area contributed by atoms with Crippen LogP contribution in [0.1, 0.15) is 31.2 Å². The van der Waals surface area contributed by atoms with Gasteiger partial charge in [-0.15, -0.1) is 0 Å². The topological polar surface area (TPSA) is 41.6 Å². The van der Waals surface area contributed by atoms with Crippen molar-refractivity contribution in [3.8, 4) is 0 Å². The summed E-state index contributed by atoms with van der Waals surface area (Å²) in [6, 6.07) is 11.2. The van der Waals surface area contributed by atoms with Crippen molar-refractivity contribution in [2.24, 2.45) is 0 Å². The Kier molecular flexibility index (Phi) is 3.92. The van der Waals surface area contributed by atoms with Gasteiger partial charge in [0.05, 0.1) is 0 Å². The van der Waals surface area contributed by atoms with Gasteiger partial charge in [0, 0.05) is 18.1 Å². The highest BCUT2D eigenvalue weighted by molar-refractivity contribution is 5.67. The summed E-state index contributed by atoms with van der Waals surface area (Å²) in [4.78, 5) is 14.3. The lowest BCUT2D eigenvalue weighted by molar-refractivity contribution is 0.108. The molecule has 2 saturated heterocycles. The van der Waals surface area contributed by atoms with E-state index in [1.54, 1.807) is 0 Å². The van der Waals surface area contributed by atoms with E-state index in [4.69, 9.17) is 4.74 Å². The maximum absolute atomic E-state index is 11.9. The molecule has 1 amide bonds. The van der Waals surface area contributed by atoms with Crippen molar-refractivity contribution in [3.05, 3.63) is 35.9 Å². The molecule has 0 aromatic heterocycles. The number of hydrogen-bond donors (Lipinski definition) is 1. The van der Waals surface area contributed by atoms with E-state index in [-0.39, 0.29) is 12.1 Å². The van der Waals surface area contributed by atoms with Gasteiger partial charge in [0.15, 0.2) is 0 Å². The van der Waals surface area contributed by atoms with Gasteiger partial charge in [-0.3, -0.25) is 4.90 Å². The molecule has 1 N–H and O–H groups in total. The van der Waals surface area contributed by atoms with Crippen molar-refractivity contribution in [1.82, 2.24) is 10.2 Å². The number of alkyl carbamates (subject to hydrolysis) is 1. The molecular weight excluding hydrogens is 252 g/mol. The first-order valence-corrected chi connectivity index (χ1v) is 7.43. The minimum absolute atomic E-state index is 0.238. The first-order chi connectivity index (χ1) is 9.74. The van der Waals surface area contributed by atoms with Crippen molar-refractivity contribution in [2.45, 2.75) is 50.4 Å². The fraction of sp³-hybridized carbons (Fsp3) is 0.562. The minimum Gasteiger partial charge on any atom is -0.445 e. The molecule has 0 unspecified atom stereocenters. The predicted octanol–water partition coefficient (Wildman–Crippen LogP) is 2.54. The highest BCUT2D eigenvalue weighted by atomic mass is 16.5. The molecule has 4 nitrogen and oxygen atoms in total. The highest BCUT2D eigenvalue weighted by Crippen LogP contribution is 2.34. The van der Waals surface area contributed by atoms with Crippen LogP contribution in [0.25, 0.3) is 0 Å². The van der Waals surface area contributed by atoms with Gasteiger partial charge in [-0.2, -0.15) is 0 Å². The molecule has 0 saturated carbocycles. The Morgan fingerprint density at radius 1 is 1.25 bits per heavy atom. The van der Waals surface area contributed by atoms with E-state index in [9.17, 15) is 4.79 Å². The van der Waals surface area contributed by atoms with Gasteiger partial charge < -0.3 is 10.1 Å². The molecule has 2 fully saturated rings. The number of ether oxygens (including phenoxy) is 1. The molecule has 4 heteroatoms. The van der Waals surface area contributed by atoms with Gasteiger partial charge in [-0.25, -0.2) is 4.79 Å². The molecule has 2 bridgehead atoms. The number of carbonyl (C=O) groups is 1. The number of likely N-dealkylation sites (N-methyl/N-ethyl adjacent to an activating group) is 1. The van der Waals surface area contributed by atoms with E-state index in [0.29, 0.717) is 12.6 Å². The molecule has 3 atom stereocenters. The third-order valence-corrected chi connectivity index (χ3v) is 4.69. The average molecular weight is 274 g/mol. The number of piperidine rings is 1. The Hall–Kier alpha value is -1.55. The van der Waals surface area contributed by atoms with Gasteiger partial charge in [0.25, 0.3) is 0 Å². The lowest BCUT2D eigenvalue weighted by Gasteiger charge is -2.37. The summed E-state index contributed by atoms with van der Waals surface area (Å²) in [5, 5.41) is 3.04. The van der Waals surface area contributed by atoms with Gasteiger partial charge in [0.1, 0.15) is 6.61 Å². The first kappa shape index (κ1) is 13.4. The van der Waals surface area contributed by atoms with Crippen molar-refractivity contribution in [3.63, 3.8) is 0 Å². The Balaban J connectivity index is 1.49. The summed E-state index contributed by atoms with van der Waals surface area (Å²) in [7, 11) is 2.17. The largest absolute Gasteiger partial charge is 0.445 e.